The molecular weight excluding hydrogens is 498 g/mol. The molecule has 2 N–H and O–H groups in total. The molecule has 0 amide bonds. The van der Waals surface area contributed by atoms with Gasteiger partial charge in [0, 0.05) is 12.6 Å². The van der Waals surface area contributed by atoms with Crippen LogP contribution in [0.2, 0.25) is 0 Å². The zero-order valence-corrected chi connectivity index (χ0v) is 21.0. The van der Waals surface area contributed by atoms with Crippen LogP contribution in [0.4, 0.5) is 5.82 Å². The topological polar surface area (TPSA) is 150 Å². The van der Waals surface area contributed by atoms with Crippen LogP contribution >= 0.6 is 0 Å². The van der Waals surface area contributed by atoms with Crippen molar-refractivity contribution in [1.82, 2.24) is 9.55 Å². The molecule has 1 aliphatic heterocycles. The predicted molar refractivity (Wildman–Crippen MR) is 133 cm³/mol. The van der Waals surface area contributed by atoms with Gasteiger partial charge in [-0.2, -0.15) is 4.98 Å². The maximum absolute atomic E-state index is 13.2. The third kappa shape index (κ3) is 5.70. The van der Waals surface area contributed by atoms with E-state index in [4.69, 9.17) is 34.2 Å². The molecular formula is C26H27N3O9. The first-order chi connectivity index (χ1) is 18.3. The number of aromatic nitrogens is 2. The number of esters is 2. The number of benzene rings is 2. The number of methoxy groups -OCH3 is 3. The van der Waals surface area contributed by atoms with Gasteiger partial charge in [0.05, 0.1) is 32.5 Å². The summed E-state index contributed by atoms with van der Waals surface area (Å²) in [5, 5.41) is 0. The molecule has 3 atom stereocenters. The summed E-state index contributed by atoms with van der Waals surface area (Å²) < 4.78 is 34.3. The number of nitrogens with zero attached hydrogens (tertiary/aromatic N) is 2. The maximum atomic E-state index is 13.2. The lowest BCUT2D eigenvalue weighted by Gasteiger charge is -2.19. The summed E-state index contributed by atoms with van der Waals surface area (Å²) in [5.41, 5.74) is 5.45. The van der Waals surface area contributed by atoms with E-state index >= 15 is 0 Å². The SMILES string of the molecule is COc1cc(C(=O)O[C@H]2C[C@H](n3ccc(N)nc3=O)O[C@@H]2COC(=O)c2ccccc2)cc(OC)c1OC. The van der Waals surface area contributed by atoms with E-state index < -0.39 is 36.1 Å². The average molecular weight is 526 g/mol. The molecule has 0 aliphatic carbocycles. The van der Waals surface area contributed by atoms with E-state index in [1.165, 1.54) is 50.3 Å². The van der Waals surface area contributed by atoms with Gasteiger partial charge in [-0.3, -0.25) is 4.57 Å². The molecule has 38 heavy (non-hydrogen) atoms. The van der Waals surface area contributed by atoms with Crippen LogP contribution in [0.5, 0.6) is 17.2 Å². The Labute approximate surface area is 217 Å². The van der Waals surface area contributed by atoms with Crippen molar-refractivity contribution < 1.29 is 38.0 Å². The van der Waals surface area contributed by atoms with Crippen LogP contribution in [-0.2, 0) is 14.2 Å². The van der Waals surface area contributed by atoms with Gasteiger partial charge < -0.3 is 34.2 Å². The molecule has 0 saturated carbocycles. The Morgan fingerprint density at radius 3 is 2.29 bits per heavy atom. The van der Waals surface area contributed by atoms with Crippen molar-refractivity contribution in [2.75, 3.05) is 33.7 Å². The van der Waals surface area contributed by atoms with Crippen molar-refractivity contribution in [3.8, 4) is 17.2 Å². The zero-order chi connectivity index (χ0) is 27.2. The smallest absolute Gasteiger partial charge is 0.351 e. The van der Waals surface area contributed by atoms with Gasteiger partial charge in [0.1, 0.15) is 30.9 Å². The highest BCUT2D eigenvalue weighted by Crippen LogP contribution is 2.39. The number of nitrogens with two attached hydrogens (primary N) is 1. The van der Waals surface area contributed by atoms with E-state index in [9.17, 15) is 14.4 Å². The zero-order valence-electron chi connectivity index (χ0n) is 21.0. The third-order valence-corrected chi connectivity index (χ3v) is 5.89. The molecule has 12 heteroatoms. The fourth-order valence-corrected chi connectivity index (χ4v) is 4.01. The van der Waals surface area contributed by atoms with Crippen LogP contribution in [0.15, 0.2) is 59.5 Å². The minimum Gasteiger partial charge on any atom is -0.493 e. The van der Waals surface area contributed by atoms with E-state index in [0.717, 1.165) is 0 Å². The monoisotopic (exact) mass is 525 g/mol. The highest BCUT2D eigenvalue weighted by molar-refractivity contribution is 5.91. The van der Waals surface area contributed by atoms with Crippen LogP contribution in [0.25, 0.3) is 0 Å². The van der Waals surface area contributed by atoms with Crippen molar-refractivity contribution in [3.05, 3.63) is 76.3 Å². The molecule has 200 valence electrons. The molecule has 0 radical (unpaired) electrons. The molecule has 2 heterocycles. The minimum absolute atomic E-state index is 0.0583. The van der Waals surface area contributed by atoms with Crippen LogP contribution in [0, 0.1) is 0 Å². The summed E-state index contributed by atoms with van der Waals surface area (Å²) in [7, 11) is 4.30. The molecule has 3 aromatic rings. The van der Waals surface area contributed by atoms with Crippen LogP contribution in [0.1, 0.15) is 33.4 Å². The van der Waals surface area contributed by atoms with Gasteiger partial charge in [0.15, 0.2) is 11.5 Å². The number of hydrogen-bond donors (Lipinski definition) is 1. The summed E-state index contributed by atoms with van der Waals surface area (Å²) >= 11 is 0. The Kier molecular flexibility index (Phi) is 8.12. The molecule has 0 bridgehead atoms. The minimum atomic E-state index is -0.875. The lowest BCUT2D eigenvalue weighted by Crippen LogP contribution is -2.32. The van der Waals surface area contributed by atoms with Gasteiger partial charge in [-0.1, -0.05) is 18.2 Å². The summed E-state index contributed by atoms with van der Waals surface area (Å²) in [6.45, 7) is -0.228. The number of carbonyl (C=O) groups excluding carboxylic acids is 2. The van der Waals surface area contributed by atoms with Crippen molar-refractivity contribution in [2.45, 2.75) is 24.9 Å². The third-order valence-electron chi connectivity index (χ3n) is 5.89. The molecule has 1 saturated heterocycles. The fourth-order valence-electron chi connectivity index (χ4n) is 4.01. The van der Waals surface area contributed by atoms with Crippen molar-refractivity contribution >= 4 is 17.8 Å². The Morgan fingerprint density at radius 2 is 1.68 bits per heavy atom. The van der Waals surface area contributed by atoms with E-state index in [-0.39, 0.29) is 35.9 Å². The molecule has 1 aromatic heterocycles. The lowest BCUT2D eigenvalue weighted by atomic mass is 10.1. The predicted octanol–water partition coefficient (Wildman–Crippen LogP) is 2.22. The highest BCUT2D eigenvalue weighted by atomic mass is 16.6. The molecule has 2 aromatic carbocycles. The number of carbonyl (C=O) groups is 2. The van der Waals surface area contributed by atoms with Crippen molar-refractivity contribution in [3.63, 3.8) is 0 Å². The first-order valence-electron chi connectivity index (χ1n) is 11.6. The molecule has 0 spiro atoms. The standard InChI is InChI=1S/C26H27N3O9/c1-33-18-11-16(12-19(34-2)23(18)35-3)25(31)38-17-13-22(29-10-9-21(27)28-26(29)32)37-20(17)14-36-24(30)15-7-5-4-6-8-15/h4-12,17,20,22H,13-14H2,1-3H3,(H2,27,28,32)/t17-,20+,22+/m0/s1. The number of nitrogen functional groups attached to an aromatic ring is 1. The first-order valence-corrected chi connectivity index (χ1v) is 11.6. The largest absolute Gasteiger partial charge is 0.493 e. The average Bonchev–Trinajstić information content (AvgIpc) is 3.32. The summed E-state index contributed by atoms with van der Waals surface area (Å²) in [6, 6.07) is 12.8. The van der Waals surface area contributed by atoms with Gasteiger partial charge >= 0.3 is 17.6 Å². The van der Waals surface area contributed by atoms with Crippen LogP contribution in [-0.4, -0.2) is 61.6 Å². The van der Waals surface area contributed by atoms with Crippen LogP contribution in [0.3, 0.4) is 0 Å². The summed E-state index contributed by atoms with van der Waals surface area (Å²) in [5.74, 6) is -0.363. The van der Waals surface area contributed by atoms with Gasteiger partial charge in [-0.15, -0.1) is 0 Å². The number of anilines is 1. The molecule has 12 nitrogen and oxygen atoms in total. The number of hydrogen-bond acceptors (Lipinski definition) is 11. The maximum Gasteiger partial charge on any atom is 0.351 e. The van der Waals surface area contributed by atoms with Gasteiger partial charge in [0.2, 0.25) is 5.75 Å². The van der Waals surface area contributed by atoms with Crippen LogP contribution < -0.4 is 25.6 Å². The second-order valence-electron chi connectivity index (χ2n) is 8.23. The molecule has 1 aliphatic rings. The Bertz CT molecular complexity index is 1330. The summed E-state index contributed by atoms with van der Waals surface area (Å²) in [6.07, 6.45) is -1.06. The van der Waals surface area contributed by atoms with Crippen molar-refractivity contribution in [2.24, 2.45) is 0 Å². The van der Waals surface area contributed by atoms with Gasteiger partial charge in [-0.25, -0.2) is 14.4 Å². The van der Waals surface area contributed by atoms with E-state index in [0.29, 0.717) is 11.3 Å². The second kappa shape index (κ2) is 11.6. The van der Waals surface area contributed by atoms with E-state index in [1.54, 1.807) is 30.3 Å². The normalized spacial score (nSPS) is 18.4. The molecule has 4 rings (SSSR count). The Morgan fingerprint density at radius 1 is 1.00 bits per heavy atom. The lowest BCUT2D eigenvalue weighted by molar-refractivity contribution is -0.0582. The van der Waals surface area contributed by atoms with Gasteiger partial charge in [0.25, 0.3) is 0 Å². The second-order valence-corrected chi connectivity index (χ2v) is 8.23. The van der Waals surface area contributed by atoms with Crippen molar-refractivity contribution in [1.29, 1.82) is 0 Å². The molecule has 1 fully saturated rings. The highest BCUT2D eigenvalue weighted by Gasteiger charge is 2.40. The summed E-state index contributed by atoms with van der Waals surface area (Å²) in [4.78, 5) is 41.8. The Balaban J connectivity index is 1.56. The van der Waals surface area contributed by atoms with E-state index in [2.05, 4.69) is 4.98 Å². The Hall–Kier alpha value is -4.58. The first kappa shape index (κ1) is 26.5. The quantitative estimate of drug-likeness (QED) is 0.410. The fraction of sp³-hybridized carbons (Fsp3) is 0.308. The van der Waals surface area contributed by atoms with Gasteiger partial charge in [-0.05, 0) is 30.3 Å². The number of ether oxygens (including phenoxy) is 6. The molecule has 0 unspecified atom stereocenters. The number of rotatable bonds is 9. The van der Waals surface area contributed by atoms with E-state index in [1.807, 2.05) is 0 Å².